The normalized spacial score (nSPS) is 15.6. The molecule has 0 radical (unpaired) electrons. The number of benzene rings is 2. The Kier molecular flexibility index (Phi) is 11.1. The number of nitrogens with zero attached hydrogens (tertiary/aromatic N) is 1. The summed E-state index contributed by atoms with van der Waals surface area (Å²) in [5, 5.41) is 14.7. The number of hydrogen-bond donors (Lipinski definition) is 2. The Morgan fingerprint density at radius 3 is 2.59 bits per heavy atom. The maximum absolute atomic E-state index is 12.5. The number of nitriles is 1. The van der Waals surface area contributed by atoms with Crippen molar-refractivity contribution < 1.29 is 9.53 Å². The molecule has 1 aliphatic rings. The van der Waals surface area contributed by atoms with Crippen LogP contribution in [-0.4, -0.2) is 17.8 Å². The molecule has 2 aromatic carbocycles. The van der Waals surface area contributed by atoms with Crippen LogP contribution in [-0.2, 0) is 4.79 Å². The fraction of sp³-hybridized carbons (Fsp3) is 0.500. The van der Waals surface area contributed by atoms with Gasteiger partial charge in [0.25, 0.3) is 0 Å². The molecule has 0 aliphatic heterocycles. The highest BCUT2D eigenvalue weighted by atomic mass is 32.2. The summed E-state index contributed by atoms with van der Waals surface area (Å²) >= 11 is 1.85. The van der Waals surface area contributed by atoms with Crippen molar-refractivity contribution in [2.45, 2.75) is 75.3 Å². The molecule has 2 unspecified atom stereocenters. The monoisotopic (exact) mass is 479 g/mol. The number of hydrogen-bond acceptors (Lipinski definition) is 5. The molecule has 1 amide bonds. The van der Waals surface area contributed by atoms with Gasteiger partial charge in [0.15, 0.2) is 6.19 Å². The van der Waals surface area contributed by atoms with Gasteiger partial charge in [-0.1, -0.05) is 75.4 Å². The van der Waals surface area contributed by atoms with Crippen molar-refractivity contribution in [3.63, 3.8) is 0 Å². The van der Waals surface area contributed by atoms with Crippen LogP contribution in [0.4, 0.5) is 0 Å². The SMILES string of the molecule is CCC(NC(=O)CCCNC#N)SC(CC1CCCCC1)c1ccccc1Oc1ccccc1. The maximum atomic E-state index is 12.5. The van der Waals surface area contributed by atoms with Crippen molar-refractivity contribution >= 4 is 17.7 Å². The summed E-state index contributed by atoms with van der Waals surface area (Å²) in [4.78, 5) is 12.5. The average molecular weight is 480 g/mol. The molecule has 182 valence electrons. The van der Waals surface area contributed by atoms with Crippen LogP contribution < -0.4 is 15.4 Å². The van der Waals surface area contributed by atoms with Crippen LogP contribution in [0.25, 0.3) is 0 Å². The van der Waals surface area contributed by atoms with Crippen molar-refractivity contribution in [1.82, 2.24) is 10.6 Å². The van der Waals surface area contributed by atoms with Gasteiger partial charge in [0.1, 0.15) is 11.5 Å². The van der Waals surface area contributed by atoms with Crippen molar-refractivity contribution in [3.8, 4) is 17.7 Å². The molecule has 2 atom stereocenters. The van der Waals surface area contributed by atoms with Crippen LogP contribution in [0.15, 0.2) is 54.6 Å². The van der Waals surface area contributed by atoms with Gasteiger partial charge in [0.2, 0.25) is 5.91 Å². The van der Waals surface area contributed by atoms with E-state index in [1.807, 2.05) is 54.4 Å². The Morgan fingerprint density at radius 2 is 1.85 bits per heavy atom. The van der Waals surface area contributed by atoms with E-state index in [2.05, 4.69) is 35.8 Å². The summed E-state index contributed by atoms with van der Waals surface area (Å²) in [7, 11) is 0. The second kappa shape index (κ2) is 14.6. The number of amides is 1. The van der Waals surface area contributed by atoms with Crippen LogP contribution in [0, 0.1) is 17.4 Å². The van der Waals surface area contributed by atoms with Gasteiger partial charge in [-0.05, 0) is 43.4 Å². The summed E-state index contributed by atoms with van der Waals surface area (Å²) in [6.07, 6.45) is 11.5. The highest BCUT2D eigenvalue weighted by Gasteiger charge is 2.26. The van der Waals surface area contributed by atoms with Crippen molar-refractivity contribution in [2.24, 2.45) is 5.92 Å². The lowest BCUT2D eigenvalue weighted by Gasteiger charge is -2.30. The Labute approximate surface area is 208 Å². The van der Waals surface area contributed by atoms with E-state index in [1.54, 1.807) is 0 Å². The summed E-state index contributed by atoms with van der Waals surface area (Å²) in [6.45, 7) is 2.65. The van der Waals surface area contributed by atoms with E-state index in [0.29, 0.717) is 25.3 Å². The van der Waals surface area contributed by atoms with Crippen LogP contribution in [0.3, 0.4) is 0 Å². The molecular formula is C28H37N3O2S. The van der Waals surface area contributed by atoms with Crippen molar-refractivity contribution in [3.05, 3.63) is 60.2 Å². The molecular weight excluding hydrogens is 442 g/mol. The molecule has 1 saturated carbocycles. The second-order valence-electron chi connectivity index (χ2n) is 8.92. The minimum Gasteiger partial charge on any atom is -0.457 e. The lowest BCUT2D eigenvalue weighted by molar-refractivity contribution is -0.121. The molecule has 0 aromatic heterocycles. The smallest absolute Gasteiger partial charge is 0.220 e. The van der Waals surface area contributed by atoms with E-state index in [1.165, 1.54) is 37.7 Å². The minimum atomic E-state index is 0.0368. The van der Waals surface area contributed by atoms with E-state index < -0.39 is 0 Å². The summed E-state index contributed by atoms with van der Waals surface area (Å²) in [5.74, 6) is 2.49. The number of nitrogens with one attached hydrogen (secondary N) is 2. The Balaban J connectivity index is 1.74. The first kappa shape index (κ1) is 26.0. The van der Waals surface area contributed by atoms with Crippen molar-refractivity contribution in [1.29, 1.82) is 5.26 Å². The summed E-state index contributed by atoms with van der Waals surface area (Å²) in [5.41, 5.74) is 1.20. The Hall–Kier alpha value is -2.65. The zero-order valence-corrected chi connectivity index (χ0v) is 21.0. The van der Waals surface area contributed by atoms with Crippen LogP contribution >= 0.6 is 11.8 Å². The standard InChI is InChI=1S/C28H37N3O2S/c1-2-28(31-27(32)18-11-19-30-21-29)34-26(20-22-12-5-3-6-13-22)24-16-9-10-17-25(24)33-23-14-7-4-8-15-23/h4,7-10,14-17,22,26,28,30H,2-3,5-6,11-13,18-20H2,1H3,(H,31,32). The third kappa shape index (κ3) is 8.61. The number of rotatable bonds is 13. The fourth-order valence-electron chi connectivity index (χ4n) is 4.51. The van der Waals surface area contributed by atoms with Crippen LogP contribution in [0.2, 0.25) is 0 Å². The quantitative estimate of drug-likeness (QED) is 0.141. The van der Waals surface area contributed by atoms with Gasteiger partial charge in [0, 0.05) is 23.8 Å². The van der Waals surface area contributed by atoms with E-state index in [-0.39, 0.29) is 16.5 Å². The number of ether oxygens (including phenoxy) is 1. The predicted octanol–water partition coefficient (Wildman–Crippen LogP) is 6.93. The van der Waals surface area contributed by atoms with Gasteiger partial charge in [-0.25, -0.2) is 0 Å². The van der Waals surface area contributed by atoms with Gasteiger partial charge in [-0.2, -0.15) is 5.26 Å². The third-order valence-electron chi connectivity index (χ3n) is 6.32. The fourth-order valence-corrected chi connectivity index (χ4v) is 6.03. The molecule has 1 fully saturated rings. The number of carbonyl (C=O) groups is 1. The van der Waals surface area contributed by atoms with E-state index in [4.69, 9.17) is 10.00 Å². The largest absolute Gasteiger partial charge is 0.457 e. The molecule has 0 bridgehead atoms. The summed E-state index contributed by atoms with van der Waals surface area (Å²) < 4.78 is 6.32. The third-order valence-corrected chi connectivity index (χ3v) is 7.87. The van der Waals surface area contributed by atoms with Gasteiger partial charge < -0.3 is 15.4 Å². The number of carbonyl (C=O) groups excluding carboxylic acids is 1. The highest BCUT2D eigenvalue weighted by molar-refractivity contribution is 8.00. The van der Waals surface area contributed by atoms with Gasteiger partial charge in [-0.3, -0.25) is 4.79 Å². The molecule has 6 heteroatoms. The minimum absolute atomic E-state index is 0.0368. The first-order valence-corrected chi connectivity index (χ1v) is 13.5. The molecule has 5 nitrogen and oxygen atoms in total. The number of para-hydroxylation sites is 2. The molecule has 1 aliphatic carbocycles. The zero-order chi connectivity index (χ0) is 24.0. The predicted molar refractivity (Wildman–Crippen MR) is 140 cm³/mol. The van der Waals surface area contributed by atoms with Gasteiger partial charge in [0.05, 0.1) is 5.37 Å². The van der Waals surface area contributed by atoms with Gasteiger partial charge in [-0.15, -0.1) is 11.8 Å². The molecule has 34 heavy (non-hydrogen) atoms. The summed E-state index contributed by atoms with van der Waals surface area (Å²) in [6, 6.07) is 18.3. The van der Waals surface area contributed by atoms with Gasteiger partial charge >= 0.3 is 0 Å². The maximum Gasteiger partial charge on any atom is 0.220 e. The van der Waals surface area contributed by atoms with Crippen LogP contribution in [0.5, 0.6) is 11.5 Å². The molecule has 0 spiro atoms. The second-order valence-corrected chi connectivity index (χ2v) is 10.3. The number of thioether (sulfide) groups is 1. The molecule has 3 rings (SSSR count). The molecule has 2 N–H and O–H groups in total. The van der Waals surface area contributed by atoms with E-state index >= 15 is 0 Å². The first-order valence-electron chi connectivity index (χ1n) is 12.6. The topological polar surface area (TPSA) is 74.2 Å². The molecule has 0 saturated heterocycles. The molecule has 2 aromatic rings. The lowest BCUT2D eigenvalue weighted by atomic mass is 9.85. The molecule has 0 heterocycles. The zero-order valence-electron chi connectivity index (χ0n) is 20.2. The highest BCUT2D eigenvalue weighted by Crippen LogP contribution is 2.45. The Morgan fingerprint density at radius 1 is 1.12 bits per heavy atom. The van der Waals surface area contributed by atoms with E-state index in [9.17, 15) is 4.79 Å². The van der Waals surface area contributed by atoms with E-state index in [0.717, 1.165) is 24.3 Å². The van der Waals surface area contributed by atoms with Crippen molar-refractivity contribution in [2.75, 3.05) is 6.54 Å². The first-order chi connectivity index (χ1) is 16.7. The average Bonchev–Trinajstić information content (AvgIpc) is 2.87. The Bertz CT molecular complexity index is 909. The van der Waals surface area contributed by atoms with Crippen LogP contribution in [0.1, 0.15) is 75.5 Å². The lowest BCUT2D eigenvalue weighted by Crippen LogP contribution is -2.33.